The van der Waals surface area contributed by atoms with Crippen LogP contribution in [0.2, 0.25) is 0 Å². The number of rotatable bonds is 7. The first kappa shape index (κ1) is 21.4. The molecule has 2 N–H and O–H groups in total. The highest BCUT2D eigenvalue weighted by molar-refractivity contribution is 5.89. The van der Waals surface area contributed by atoms with Crippen LogP contribution in [0.4, 0.5) is 10.5 Å². The van der Waals surface area contributed by atoms with Crippen molar-refractivity contribution in [3.63, 3.8) is 0 Å². The van der Waals surface area contributed by atoms with Crippen LogP contribution in [0.5, 0.6) is 0 Å². The summed E-state index contributed by atoms with van der Waals surface area (Å²) in [4.78, 5) is 26.6. The lowest BCUT2D eigenvalue weighted by Crippen LogP contribution is -2.42. The Morgan fingerprint density at radius 3 is 2.72 bits per heavy atom. The average molecular weight is 398 g/mol. The molecule has 5 heteroatoms. The number of aryl methyl sites for hydroxylation is 1. The van der Waals surface area contributed by atoms with E-state index in [2.05, 4.69) is 16.7 Å². The van der Waals surface area contributed by atoms with E-state index in [1.165, 1.54) is 36.8 Å². The number of nitrogens with one attached hydrogen (secondary N) is 2. The molecule has 1 aromatic rings. The Balaban J connectivity index is 1.35. The average Bonchev–Trinajstić information content (AvgIpc) is 2.75. The molecule has 5 nitrogen and oxygen atoms in total. The molecule has 1 aromatic carbocycles. The van der Waals surface area contributed by atoms with Crippen LogP contribution in [0, 0.1) is 12.8 Å². The second-order valence-corrected chi connectivity index (χ2v) is 8.50. The molecule has 0 bridgehead atoms. The number of piperidine rings is 1. The van der Waals surface area contributed by atoms with Crippen LogP contribution in [0.1, 0.15) is 63.4 Å². The van der Waals surface area contributed by atoms with E-state index >= 15 is 0 Å². The molecule has 0 radical (unpaired) electrons. The Morgan fingerprint density at radius 2 is 1.97 bits per heavy atom. The molecule has 1 atom stereocenters. The zero-order valence-corrected chi connectivity index (χ0v) is 17.7. The molecule has 1 saturated heterocycles. The largest absolute Gasteiger partial charge is 0.356 e. The second-order valence-electron chi connectivity index (χ2n) is 8.50. The Morgan fingerprint density at radius 1 is 1.14 bits per heavy atom. The van der Waals surface area contributed by atoms with Crippen molar-refractivity contribution >= 4 is 17.6 Å². The summed E-state index contributed by atoms with van der Waals surface area (Å²) in [7, 11) is 0. The van der Waals surface area contributed by atoms with Gasteiger partial charge in [-0.15, -0.1) is 0 Å². The quantitative estimate of drug-likeness (QED) is 0.634. The summed E-state index contributed by atoms with van der Waals surface area (Å²) in [6.45, 7) is 4.30. The zero-order chi connectivity index (χ0) is 20.5. The van der Waals surface area contributed by atoms with Crippen molar-refractivity contribution in [3.8, 4) is 0 Å². The molecular formula is C24H35N3O2. The van der Waals surface area contributed by atoms with Crippen molar-refractivity contribution in [1.82, 2.24) is 10.2 Å². The number of benzene rings is 1. The molecule has 1 unspecified atom stereocenters. The minimum absolute atomic E-state index is 0.0382. The number of anilines is 1. The van der Waals surface area contributed by atoms with Crippen molar-refractivity contribution in [2.45, 2.75) is 64.7 Å². The van der Waals surface area contributed by atoms with E-state index in [0.717, 1.165) is 51.0 Å². The predicted octanol–water partition coefficient (Wildman–Crippen LogP) is 5.03. The molecule has 1 heterocycles. The van der Waals surface area contributed by atoms with Gasteiger partial charge in [0.05, 0.1) is 0 Å². The van der Waals surface area contributed by atoms with Gasteiger partial charge in [-0.2, -0.15) is 0 Å². The summed E-state index contributed by atoms with van der Waals surface area (Å²) in [5.74, 6) is 0.543. The van der Waals surface area contributed by atoms with Crippen LogP contribution >= 0.6 is 0 Å². The Bertz CT molecular complexity index is 711. The summed E-state index contributed by atoms with van der Waals surface area (Å²) in [5, 5.41) is 6.05. The van der Waals surface area contributed by atoms with Crippen molar-refractivity contribution in [2.24, 2.45) is 5.92 Å². The number of nitrogens with zero attached hydrogens (tertiary/aromatic N) is 1. The molecule has 1 aliphatic heterocycles. The second kappa shape index (κ2) is 11.0. The van der Waals surface area contributed by atoms with Gasteiger partial charge in [-0.1, -0.05) is 29.3 Å². The van der Waals surface area contributed by atoms with E-state index in [1.54, 1.807) is 0 Å². The third-order valence-corrected chi connectivity index (χ3v) is 6.04. The first-order chi connectivity index (χ1) is 14.1. The van der Waals surface area contributed by atoms with Gasteiger partial charge >= 0.3 is 6.03 Å². The number of urea groups is 1. The van der Waals surface area contributed by atoms with E-state index in [1.807, 2.05) is 36.1 Å². The highest BCUT2D eigenvalue weighted by atomic mass is 16.2. The summed E-state index contributed by atoms with van der Waals surface area (Å²) in [6.07, 6.45) is 11.8. The minimum Gasteiger partial charge on any atom is -0.356 e. The van der Waals surface area contributed by atoms with Gasteiger partial charge in [0.25, 0.3) is 0 Å². The fraction of sp³-hybridized carbons (Fsp3) is 0.583. The SMILES string of the molecule is Cc1ccc(NC(=O)N2CCCC(CCC(=O)NCCC3=CCCCC3)C2)cc1. The van der Waals surface area contributed by atoms with Crippen LogP contribution in [-0.4, -0.2) is 36.5 Å². The van der Waals surface area contributed by atoms with Gasteiger partial charge < -0.3 is 15.5 Å². The maximum Gasteiger partial charge on any atom is 0.321 e. The molecule has 0 spiro atoms. The topological polar surface area (TPSA) is 61.4 Å². The van der Waals surface area contributed by atoms with Crippen molar-refractivity contribution in [2.75, 3.05) is 25.0 Å². The molecule has 1 fully saturated rings. The summed E-state index contributed by atoms with van der Waals surface area (Å²) < 4.78 is 0. The van der Waals surface area contributed by atoms with Crippen LogP contribution in [0.15, 0.2) is 35.9 Å². The van der Waals surface area contributed by atoms with Crippen molar-refractivity contribution < 1.29 is 9.59 Å². The molecule has 29 heavy (non-hydrogen) atoms. The van der Waals surface area contributed by atoms with E-state index in [-0.39, 0.29) is 11.9 Å². The molecule has 0 saturated carbocycles. The number of allylic oxidation sites excluding steroid dienone is 1. The molecular weight excluding hydrogens is 362 g/mol. The maximum atomic E-state index is 12.6. The van der Waals surface area contributed by atoms with Crippen molar-refractivity contribution in [3.05, 3.63) is 41.5 Å². The van der Waals surface area contributed by atoms with Gasteiger partial charge in [0.1, 0.15) is 0 Å². The van der Waals surface area contributed by atoms with Crippen LogP contribution in [0.25, 0.3) is 0 Å². The molecule has 1 aliphatic carbocycles. The third kappa shape index (κ3) is 7.22. The molecule has 3 amide bonds. The van der Waals surface area contributed by atoms with Crippen LogP contribution in [-0.2, 0) is 4.79 Å². The summed E-state index contributed by atoms with van der Waals surface area (Å²) in [6, 6.07) is 7.82. The normalized spacial score (nSPS) is 19.4. The van der Waals surface area contributed by atoms with Crippen LogP contribution in [0.3, 0.4) is 0 Å². The van der Waals surface area contributed by atoms with E-state index < -0.39 is 0 Å². The lowest BCUT2D eigenvalue weighted by atomic mass is 9.93. The van der Waals surface area contributed by atoms with Crippen molar-refractivity contribution in [1.29, 1.82) is 0 Å². The maximum absolute atomic E-state index is 12.6. The first-order valence-electron chi connectivity index (χ1n) is 11.2. The number of carbonyl (C=O) groups excluding carboxylic acids is 2. The predicted molar refractivity (Wildman–Crippen MR) is 118 cm³/mol. The molecule has 3 rings (SSSR count). The fourth-order valence-corrected chi connectivity index (χ4v) is 4.24. The summed E-state index contributed by atoms with van der Waals surface area (Å²) >= 11 is 0. The number of hydrogen-bond donors (Lipinski definition) is 2. The minimum atomic E-state index is -0.0382. The van der Waals surface area contributed by atoms with Gasteiger partial charge in [-0.05, 0) is 76.3 Å². The van der Waals surface area contributed by atoms with Crippen LogP contribution < -0.4 is 10.6 Å². The Kier molecular flexibility index (Phi) is 8.14. The lowest BCUT2D eigenvalue weighted by molar-refractivity contribution is -0.121. The number of carbonyl (C=O) groups is 2. The highest BCUT2D eigenvalue weighted by Gasteiger charge is 2.24. The van der Waals surface area contributed by atoms with E-state index in [9.17, 15) is 9.59 Å². The third-order valence-electron chi connectivity index (χ3n) is 6.04. The smallest absolute Gasteiger partial charge is 0.321 e. The van der Waals surface area contributed by atoms with Gasteiger partial charge in [0.15, 0.2) is 0 Å². The molecule has 0 aromatic heterocycles. The van der Waals surface area contributed by atoms with Gasteiger partial charge in [0.2, 0.25) is 5.91 Å². The first-order valence-corrected chi connectivity index (χ1v) is 11.2. The summed E-state index contributed by atoms with van der Waals surface area (Å²) in [5.41, 5.74) is 3.50. The van der Waals surface area contributed by atoms with Gasteiger partial charge in [0, 0.05) is 31.7 Å². The molecule has 2 aliphatic rings. The fourth-order valence-electron chi connectivity index (χ4n) is 4.24. The lowest BCUT2D eigenvalue weighted by Gasteiger charge is -2.32. The molecule has 158 valence electrons. The highest BCUT2D eigenvalue weighted by Crippen LogP contribution is 2.22. The zero-order valence-electron chi connectivity index (χ0n) is 17.7. The van der Waals surface area contributed by atoms with E-state index in [4.69, 9.17) is 0 Å². The van der Waals surface area contributed by atoms with Gasteiger partial charge in [-0.3, -0.25) is 4.79 Å². The number of amides is 3. The number of likely N-dealkylation sites (tertiary alicyclic amines) is 1. The Hall–Kier alpha value is -2.30. The monoisotopic (exact) mass is 397 g/mol. The number of hydrogen-bond acceptors (Lipinski definition) is 2. The van der Waals surface area contributed by atoms with E-state index in [0.29, 0.717) is 12.3 Å². The Labute approximate surface area is 174 Å². The van der Waals surface area contributed by atoms with Gasteiger partial charge in [-0.25, -0.2) is 4.79 Å². The standard InChI is InChI=1S/C24H35N3O2/c1-19-9-12-22(13-10-19)26-24(29)27-17-5-8-21(18-27)11-14-23(28)25-16-15-20-6-3-2-4-7-20/h6,9-10,12-13,21H,2-5,7-8,11,14-18H2,1H3,(H,25,28)(H,26,29).